The molecule has 1 unspecified atom stereocenters. The summed E-state index contributed by atoms with van der Waals surface area (Å²) in [6, 6.07) is 3.62. The lowest BCUT2D eigenvalue weighted by Gasteiger charge is -2.44. The Kier molecular flexibility index (Phi) is 4.00. The third-order valence-electron chi connectivity index (χ3n) is 4.50. The van der Waals surface area contributed by atoms with Crippen molar-refractivity contribution >= 4 is 10.0 Å². The highest BCUT2D eigenvalue weighted by Gasteiger charge is 2.36. The molecule has 1 atom stereocenters. The van der Waals surface area contributed by atoms with E-state index < -0.39 is 15.8 Å². The lowest BCUT2D eigenvalue weighted by atomic mass is 9.85. The molecule has 3 saturated heterocycles. The van der Waals surface area contributed by atoms with Crippen molar-refractivity contribution < 1.29 is 12.8 Å². The number of hydrogen-bond acceptors (Lipinski definition) is 4. The van der Waals surface area contributed by atoms with E-state index in [1.165, 1.54) is 12.1 Å². The Bertz CT molecular complexity index is 627. The number of hydrogen-bond donors (Lipinski definition) is 2. The van der Waals surface area contributed by atoms with E-state index in [2.05, 4.69) is 9.62 Å². The minimum absolute atomic E-state index is 0.0403. The number of fused-ring (bicyclic) bond motifs is 3. The van der Waals surface area contributed by atoms with Crippen LogP contribution in [0.2, 0.25) is 0 Å². The van der Waals surface area contributed by atoms with Crippen LogP contribution in [0.25, 0.3) is 0 Å². The van der Waals surface area contributed by atoms with Crippen LogP contribution >= 0.6 is 0 Å². The van der Waals surface area contributed by atoms with Gasteiger partial charge in [0.05, 0.1) is 4.90 Å². The molecule has 4 rings (SSSR count). The number of halogens is 1. The predicted octanol–water partition coefficient (Wildman–Crippen LogP) is 0.657. The average molecular weight is 313 g/mol. The van der Waals surface area contributed by atoms with Gasteiger partial charge in [-0.1, -0.05) is 6.07 Å². The molecule has 1 aromatic rings. The van der Waals surface area contributed by atoms with Gasteiger partial charge in [0.2, 0.25) is 10.0 Å². The zero-order valence-electron chi connectivity index (χ0n) is 11.8. The SMILES string of the molecule is NCc1ccc(F)cc1S(=O)(=O)NC1CN2CCC1CC2. The molecule has 1 aromatic carbocycles. The molecule has 3 aliphatic rings. The molecule has 3 aliphatic heterocycles. The molecule has 0 saturated carbocycles. The van der Waals surface area contributed by atoms with Gasteiger partial charge in [-0.2, -0.15) is 0 Å². The van der Waals surface area contributed by atoms with E-state index in [4.69, 9.17) is 5.73 Å². The van der Waals surface area contributed by atoms with Crippen LogP contribution in [0.5, 0.6) is 0 Å². The first-order valence-corrected chi connectivity index (χ1v) is 8.71. The van der Waals surface area contributed by atoms with Gasteiger partial charge in [-0.05, 0) is 49.5 Å². The Hall–Kier alpha value is -1.02. The molecule has 3 fully saturated rings. The van der Waals surface area contributed by atoms with Crippen molar-refractivity contribution in [2.24, 2.45) is 11.7 Å². The summed E-state index contributed by atoms with van der Waals surface area (Å²) in [5.41, 5.74) is 6.00. The second-order valence-electron chi connectivity index (χ2n) is 5.82. The molecule has 0 spiro atoms. The standard InChI is InChI=1S/C14H20FN3O2S/c15-12-2-1-11(8-16)14(7-12)21(19,20)17-13-9-18-5-3-10(13)4-6-18/h1-2,7,10,13,17H,3-6,8-9,16H2. The Labute approximate surface area is 124 Å². The van der Waals surface area contributed by atoms with Gasteiger partial charge in [-0.15, -0.1) is 0 Å². The minimum Gasteiger partial charge on any atom is -0.326 e. The smallest absolute Gasteiger partial charge is 0.241 e. The summed E-state index contributed by atoms with van der Waals surface area (Å²) in [7, 11) is -3.74. The Morgan fingerprint density at radius 1 is 1.33 bits per heavy atom. The van der Waals surface area contributed by atoms with Crippen molar-refractivity contribution in [1.29, 1.82) is 0 Å². The first-order chi connectivity index (χ1) is 9.99. The van der Waals surface area contributed by atoms with Crippen LogP contribution in [0, 0.1) is 11.7 Å². The van der Waals surface area contributed by atoms with Gasteiger partial charge in [-0.3, -0.25) is 0 Å². The first-order valence-electron chi connectivity index (χ1n) is 7.23. The summed E-state index contributed by atoms with van der Waals surface area (Å²) in [6.45, 7) is 2.88. The molecule has 0 aliphatic carbocycles. The van der Waals surface area contributed by atoms with E-state index in [9.17, 15) is 12.8 Å². The molecule has 116 valence electrons. The number of nitrogens with two attached hydrogens (primary N) is 1. The molecule has 5 nitrogen and oxygen atoms in total. The lowest BCUT2D eigenvalue weighted by Crippen LogP contribution is -2.57. The molecule has 21 heavy (non-hydrogen) atoms. The van der Waals surface area contributed by atoms with Crippen LogP contribution in [-0.2, 0) is 16.6 Å². The van der Waals surface area contributed by atoms with Crippen LogP contribution in [0.15, 0.2) is 23.1 Å². The molecule has 3 N–H and O–H groups in total. The fraction of sp³-hybridized carbons (Fsp3) is 0.571. The van der Waals surface area contributed by atoms with E-state index in [1.54, 1.807) is 0 Å². The zero-order valence-corrected chi connectivity index (χ0v) is 12.6. The first kappa shape index (κ1) is 14.9. The third-order valence-corrected chi connectivity index (χ3v) is 6.07. The van der Waals surface area contributed by atoms with E-state index in [1.807, 2.05) is 0 Å². The summed E-state index contributed by atoms with van der Waals surface area (Å²) in [6.07, 6.45) is 2.03. The van der Waals surface area contributed by atoms with Crippen LogP contribution in [0.1, 0.15) is 18.4 Å². The van der Waals surface area contributed by atoms with E-state index in [0.29, 0.717) is 11.5 Å². The number of rotatable bonds is 4. The second kappa shape index (κ2) is 5.64. The van der Waals surface area contributed by atoms with Gasteiger partial charge in [0.15, 0.2) is 0 Å². The summed E-state index contributed by atoms with van der Waals surface area (Å²) in [5, 5.41) is 0. The van der Waals surface area contributed by atoms with E-state index >= 15 is 0 Å². The van der Waals surface area contributed by atoms with Crippen LogP contribution in [0.4, 0.5) is 4.39 Å². The quantitative estimate of drug-likeness (QED) is 0.856. The lowest BCUT2D eigenvalue weighted by molar-refractivity contribution is 0.0827. The number of nitrogens with zero attached hydrogens (tertiary/aromatic N) is 1. The normalized spacial score (nSPS) is 28.8. The van der Waals surface area contributed by atoms with Crippen molar-refractivity contribution in [2.75, 3.05) is 19.6 Å². The Morgan fingerprint density at radius 2 is 2.05 bits per heavy atom. The monoisotopic (exact) mass is 313 g/mol. The molecular weight excluding hydrogens is 293 g/mol. The van der Waals surface area contributed by atoms with Crippen molar-refractivity contribution in [3.8, 4) is 0 Å². The summed E-state index contributed by atoms with van der Waals surface area (Å²) < 4.78 is 41.3. The van der Waals surface area contributed by atoms with Crippen LogP contribution in [0.3, 0.4) is 0 Å². The molecule has 0 radical (unpaired) electrons. The number of benzene rings is 1. The summed E-state index contributed by atoms with van der Waals surface area (Å²) in [4.78, 5) is 2.23. The molecule has 0 amide bonds. The zero-order chi connectivity index (χ0) is 15.0. The molecule has 2 bridgehead atoms. The maximum absolute atomic E-state index is 13.4. The largest absolute Gasteiger partial charge is 0.326 e. The number of nitrogens with one attached hydrogen (secondary N) is 1. The topological polar surface area (TPSA) is 75.4 Å². The van der Waals surface area contributed by atoms with Gasteiger partial charge in [0.1, 0.15) is 5.82 Å². The third kappa shape index (κ3) is 2.96. The van der Waals surface area contributed by atoms with Gasteiger partial charge < -0.3 is 10.6 Å². The van der Waals surface area contributed by atoms with Crippen molar-refractivity contribution in [2.45, 2.75) is 30.3 Å². The molecule has 3 heterocycles. The second-order valence-corrected chi connectivity index (χ2v) is 7.50. The number of sulfonamides is 1. The maximum atomic E-state index is 13.4. The maximum Gasteiger partial charge on any atom is 0.241 e. The summed E-state index contributed by atoms with van der Waals surface area (Å²) in [5.74, 6) is -0.193. The average Bonchev–Trinajstić information content (AvgIpc) is 2.48. The highest BCUT2D eigenvalue weighted by atomic mass is 32.2. The fourth-order valence-electron chi connectivity index (χ4n) is 3.31. The molecule has 7 heteroatoms. The van der Waals surface area contributed by atoms with Crippen LogP contribution < -0.4 is 10.5 Å². The van der Waals surface area contributed by atoms with Gasteiger partial charge in [0, 0.05) is 19.1 Å². The Balaban J connectivity index is 1.86. The molecular formula is C14H20FN3O2S. The fourth-order valence-corrected chi connectivity index (χ4v) is 4.87. The molecule has 0 aromatic heterocycles. The van der Waals surface area contributed by atoms with Crippen molar-refractivity contribution in [3.63, 3.8) is 0 Å². The van der Waals surface area contributed by atoms with Gasteiger partial charge in [-0.25, -0.2) is 17.5 Å². The number of piperidine rings is 3. The van der Waals surface area contributed by atoms with E-state index in [0.717, 1.165) is 38.5 Å². The summed E-state index contributed by atoms with van der Waals surface area (Å²) >= 11 is 0. The van der Waals surface area contributed by atoms with Crippen molar-refractivity contribution in [1.82, 2.24) is 9.62 Å². The van der Waals surface area contributed by atoms with Gasteiger partial charge >= 0.3 is 0 Å². The van der Waals surface area contributed by atoms with Crippen molar-refractivity contribution in [3.05, 3.63) is 29.6 Å². The van der Waals surface area contributed by atoms with Crippen LogP contribution in [-0.4, -0.2) is 39.0 Å². The predicted molar refractivity (Wildman–Crippen MR) is 77.6 cm³/mol. The van der Waals surface area contributed by atoms with Gasteiger partial charge in [0.25, 0.3) is 0 Å². The van der Waals surface area contributed by atoms with E-state index in [-0.39, 0.29) is 17.5 Å². The highest BCUT2D eigenvalue weighted by Crippen LogP contribution is 2.29. The Morgan fingerprint density at radius 3 is 2.62 bits per heavy atom. The minimum atomic E-state index is -3.74. The highest BCUT2D eigenvalue weighted by molar-refractivity contribution is 7.89.